The highest BCUT2D eigenvalue weighted by Gasteiger charge is 2.31. The van der Waals surface area contributed by atoms with E-state index in [0.29, 0.717) is 18.8 Å². The smallest absolute Gasteiger partial charge is 0.410 e. The van der Waals surface area contributed by atoms with Crippen LogP contribution in [0.15, 0.2) is 30.3 Å². The van der Waals surface area contributed by atoms with Crippen LogP contribution in [0.2, 0.25) is 0 Å². The van der Waals surface area contributed by atoms with Gasteiger partial charge < -0.3 is 14.2 Å². The molecule has 0 aliphatic heterocycles. The summed E-state index contributed by atoms with van der Waals surface area (Å²) in [6.45, 7) is 8.90. The number of amides is 1. The van der Waals surface area contributed by atoms with E-state index in [1.807, 2.05) is 44.2 Å². The predicted molar refractivity (Wildman–Crippen MR) is 109 cm³/mol. The molecule has 1 amide bonds. The first-order chi connectivity index (χ1) is 13.5. The average molecular weight is 408 g/mol. The zero-order valence-electron chi connectivity index (χ0n) is 18.3. The summed E-state index contributed by atoms with van der Waals surface area (Å²) in [5, 5.41) is 0. The fourth-order valence-electron chi connectivity index (χ4n) is 2.43. The van der Waals surface area contributed by atoms with E-state index < -0.39 is 36.3 Å². The number of ether oxygens (including phenoxy) is 3. The largest absolute Gasteiger partial charge is 0.458 e. The van der Waals surface area contributed by atoms with Gasteiger partial charge in [0.15, 0.2) is 6.61 Å². The molecule has 1 atom stereocenters. The quantitative estimate of drug-likeness (QED) is 0.455. The Kier molecular flexibility index (Phi) is 9.65. The number of esters is 2. The van der Waals surface area contributed by atoms with Crippen LogP contribution in [0, 0.1) is 5.92 Å². The molecule has 0 heterocycles. The van der Waals surface area contributed by atoms with Gasteiger partial charge in [0.25, 0.3) is 0 Å². The molecule has 0 unspecified atom stereocenters. The van der Waals surface area contributed by atoms with Crippen molar-refractivity contribution in [3.8, 4) is 0 Å². The first-order valence-electron chi connectivity index (χ1n) is 9.81. The van der Waals surface area contributed by atoms with Gasteiger partial charge in [-0.05, 0) is 45.1 Å². The van der Waals surface area contributed by atoms with Crippen molar-refractivity contribution in [2.45, 2.75) is 65.7 Å². The maximum absolute atomic E-state index is 12.6. The van der Waals surface area contributed by atoms with Gasteiger partial charge in [0.05, 0.1) is 0 Å². The van der Waals surface area contributed by atoms with Crippen molar-refractivity contribution < 1.29 is 28.6 Å². The molecule has 0 N–H and O–H groups in total. The van der Waals surface area contributed by atoms with Crippen molar-refractivity contribution >= 4 is 18.0 Å². The molecule has 0 fully saturated rings. The molecule has 0 aromatic heterocycles. The standard InChI is InChI=1S/C22H33NO6/c1-16(2)12-13-18(23(6)21(26)29-22(3,4)5)20(25)28-15-19(24)27-14-17-10-8-7-9-11-17/h7-11,16,18H,12-15H2,1-6H3/t18-/m0/s1. The van der Waals surface area contributed by atoms with Crippen LogP contribution in [0.3, 0.4) is 0 Å². The van der Waals surface area contributed by atoms with E-state index in [9.17, 15) is 14.4 Å². The Balaban J connectivity index is 2.63. The molecular formula is C22H33NO6. The third-order valence-corrected chi connectivity index (χ3v) is 4.01. The second-order valence-corrected chi connectivity index (χ2v) is 8.33. The second-order valence-electron chi connectivity index (χ2n) is 8.33. The predicted octanol–water partition coefficient (Wildman–Crippen LogP) is 3.94. The molecule has 0 saturated carbocycles. The van der Waals surface area contributed by atoms with Gasteiger partial charge >= 0.3 is 18.0 Å². The van der Waals surface area contributed by atoms with Crippen LogP contribution < -0.4 is 0 Å². The Bertz CT molecular complexity index is 666. The van der Waals surface area contributed by atoms with E-state index in [0.717, 1.165) is 5.56 Å². The highest BCUT2D eigenvalue weighted by Crippen LogP contribution is 2.16. The van der Waals surface area contributed by atoms with Crippen LogP contribution in [-0.4, -0.2) is 48.2 Å². The summed E-state index contributed by atoms with van der Waals surface area (Å²) in [6.07, 6.45) is 0.506. The van der Waals surface area contributed by atoms with Gasteiger partial charge in [0, 0.05) is 7.05 Å². The second kappa shape index (κ2) is 11.4. The summed E-state index contributed by atoms with van der Waals surface area (Å²) in [7, 11) is 1.49. The molecule has 7 heteroatoms. The lowest BCUT2D eigenvalue weighted by Crippen LogP contribution is -2.46. The highest BCUT2D eigenvalue weighted by atomic mass is 16.6. The fourth-order valence-corrected chi connectivity index (χ4v) is 2.43. The Morgan fingerprint density at radius 2 is 1.62 bits per heavy atom. The lowest BCUT2D eigenvalue weighted by atomic mass is 10.0. The minimum atomic E-state index is -0.839. The number of carbonyl (C=O) groups is 3. The molecule has 162 valence electrons. The Labute approximate surface area is 173 Å². The van der Waals surface area contributed by atoms with Crippen LogP contribution >= 0.6 is 0 Å². The fraction of sp³-hybridized carbons (Fsp3) is 0.591. The maximum Gasteiger partial charge on any atom is 0.410 e. The molecule has 0 saturated heterocycles. The summed E-state index contributed by atoms with van der Waals surface area (Å²) in [4.78, 5) is 38.0. The number of rotatable bonds is 9. The lowest BCUT2D eigenvalue weighted by molar-refractivity contribution is -0.162. The monoisotopic (exact) mass is 407 g/mol. The van der Waals surface area contributed by atoms with Crippen molar-refractivity contribution in [2.24, 2.45) is 5.92 Å². The molecule has 0 radical (unpaired) electrons. The molecule has 29 heavy (non-hydrogen) atoms. The van der Waals surface area contributed by atoms with E-state index in [2.05, 4.69) is 0 Å². The van der Waals surface area contributed by atoms with E-state index in [4.69, 9.17) is 14.2 Å². The minimum Gasteiger partial charge on any atom is -0.458 e. The molecule has 1 aromatic carbocycles. The van der Waals surface area contributed by atoms with Gasteiger partial charge in [-0.3, -0.25) is 4.90 Å². The van der Waals surface area contributed by atoms with Crippen molar-refractivity contribution in [2.75, 3.05) is 13.7 Å². The van der Waals surface area contributed by atoms with Gasteiger partial charge in [-0.2, -0.15) is 0 Å². The van der Waals surface area contributed by atoms with Crippen LogP contribution in [-0.2, 0) is 30.4 Å². The molecule has 0 bridgehead atoms. The number of nitrogens with zero attached hydrogens (tertiary/aromatic N) is 1. The third-order valence-electron chi connectivity index (χ3n) is 4.01. The third kappa shape index (κ3) is 9.96. The summed E-state index contributed by atoms with van der Waals surface area (Å²) in [6, 6.07) is 8.37. The van der Waals surface area contributed by atoms with E-state index >= 15 is 0 Å². The first-order valence-corrected chi connectivity index (χ1v) is 9.81. The number of hydrogen-bond donors (Lipinski definition) is 0. The normalized spacial score (nSPS) is 12.2. The number of benzene rings is 1. The van der Waals surface area contributed by atoms with Gasteiger partial charge in [0.2, 0.25) is 0 Å². The summed E-state index contributed by atoms with van der Waals surface area (Å²) >= 11 is 0. The van der Waals surface area contributed by atoms with Crippen LogP contribution in [0.4, 0.5) is 4.79 Å². The summed E-state index contributed by atoms with van der Waals surface area (Å²) in [5.41, 5.74) is 0.158. The number of carbonyl (C=O) groups excluding carboxylic acids is 3. The molecular weight excluding hydrogens is 374 g/mol. The van der Waals surface area contributed by atoms with E-state index in [1.165, 1.54) is 11.9 Å². The van der Waals surface area contributed by atoms with Crippen LogP contribution in [0.5, 0.6) is 0 Å². The lowest BCUT2D eigenvalue weighted by Gasteiger charge is -2.29. The average Bonchev–Trinajstić information content (AvgIpc) is 2.63. The highest BCUT2D eigenvalue weighted by molar-refractivity contribution is 5.83. The molecule has 0 aliphatic carbocycles. The van der Waals surface area contributed by atoms with Crippen LogP contribution in [0.25, 0.3) is 0 Å². The Hall–Kier alpha value is -2.57. The maximum atomic E-state index is 12.6. The Morgan fingerprint density at radius 1 is 1.00 bits per heavy atom. The van der Waals surface area contributed by atoms with Gasteiger partial charge in [-0.1, -0.05) is 44.2 Å². The van der Waals surface area contributed by atoms with Crippen molar-refractivity contribution in [3.05, 3.63) is 35.9 Å². The Morgan fingerprint density at radius 3 is 2.17 bits per heavy atom. The molecule has 0 spiro atoms. The first kappa shape index (κ1) is 24.5. The van der Waals surface area contributed by atoms with Gasteiger partial charge in [-0.15, -0.1) is 0 Å². The molecule has 1 rings (SSSR count). The van der Waals surface area contributed by atoms with E-state index in [1.54, 1.807) is 20.8 Å². The SMILES string of the molecule is CC(C)CC[C@@H](C(=O)OCC(=O)OCc1ccccc1)N(C)C(=O)OC(C)(C)C. The number of likely N-dealkylation sites (N-methyl/N-ethyl adjacent to an activating group) is 1. The minimum absolute atomic E-state index is 0.103. The van der Waals surface area contributed by atoms with E-state index in [-0.39, 0.29) is 6.61 Å². The van der Waals surface area contributed by atoms with Gasteiger partial charge in [-0.25, -0.2) is 14.4 Å². The van der Waals surface area contributed by atoms with Crippen LogP contribution in [0.1, 0.15) is 53.0 Å². The van der Waals surface area contributed by atoms with Crippen molar-refractivity contribution in [1.29, 1.82) is 0 Å². The number of hydrogen-bond acceptors (Lipinski definition) is 6. The summed E-state index contributed by atoms with van der Waals surface area (Å²) in [5.74, 6) is -0.964. The summed E-state index contributed by atoms with van der Waals surface area (Å²) < 4.78 is 15.6. The topological polar surface area (TPSA) is 82.1 Å². The molecule has 0 aliphatic rings. The van der Waals surface area contributed by atoms with Crippen molar-refractivity contribution in [1.82, 2.24) is 4.90 Å². The van der Waals surface area contributed by atoms with Crippen molar-refractivity contribution in [3.63, 3.8) is 0 Å². The molecule has 7 nitrogen and oxygen atoms in total. The molecule has 1 aromatic rings. The van der Waals surface area contributed by atoms with Gasteiger partial charge in [0.1, 0.15) is 18.2 Å². The zero-order chi connectivity index (χ0) is 22.0. The zero-order valence-corrected chi connectivity index (χ0v) is 18.3.